The average Bonchev–Trinajstić information content (AvgIpc) is 3.08. The summed E-state index contributed by atoms with van der Waals surface area (Å²) >= 11 is 5.88. The van der Waals surface area contributed by atoms with Crippen LogP contribution in [0.25, 0.3) is 0 Å². The fourth-order valence-electron chi connectivity index (χ4n) is 3.02. The van der Waals surface area contributed by atoms with E-state index in [0.717, 1.165) is 29.7 Å². The molecule has 122 valence electrons. The fraction of sp³-hybridized carbons (Fsp3) is 0.368. The van der Waals surface area contributed by atoms with Gasteiger partial charge in [0.15, 0.2) is 0 Å². The van der Waals surface area contributed by atoms with E-state index in [2.05, 4.69) is 0 Å². The minimum absolute atomic E-state index is 0.335. The minimum atomic E-state index is -0.767. The summed E-state index contributed by atoms with van der Waals surface area (Å²) in [4.78, 5) is 0. The quantitative estimate of drug-likeness (QED) is 0.854. The van der Waals surface area contributed by atoms with Crippen molar-refractivity contribution in [3.8, 4) is 5.75 Å². The molecule has 0 aliphatic heterocycles. The Balaban J connectivity index is 1.66. The van der Waals surface area contributed by atoms with E-state index in [4.69, 9.17) is 22.1 Å². The van der Waals surface area contributed by atoms with Crippen molar-refractivity contribution in [3.63, 3.8) is 0 Å². The number of benzene rings is 2. The van der Waals surface area contributed by atoms with Gasteiger partial charge in [0, 0.05) is 5.02 Å². The van der Waals surface area contributed by atoms with E-state index in [1.165, 1.54) is 12.8 Å². The molecule has 1 saturated carbocycles. The lowest BCUT2D eigenvalue weighted by Gasteiger charge is -2.20. The molecule has 3 rings (SSSR count). The maximum Gasteiger partial charge on any atom is 0.119 e. The predicted octanol–water partition coefficient (Wildman–Crippen LogP) is 4.39. The number of rotatable bonds is 5. The Bertz CT molecular complexity index is 621. The van der Waals surface area contributed by atoms with E-state index >= 15 is 0 Å². The fourth-order valence-corrected chi connectivity index (χ4v) is 3.14. The molecule has 4 heteroatoms. The SMILES string of the molecule is NC(c1ccc(Cl)cc1)C(O)c1ccc(OC2CCCC2)cc1. The minimum Gasteiger partial charge on any atom is -0.490 e. The van der Waals surface area contributed by atoms with Crippen molar-refractivity contribution in [1.29, 1.82) is 0 Å². The topological polar surface area (TPSA) is 55.5 Å². The van der Waals surface area contributed by atoms with E-state index in [1.54, 1.807) is 12.1 Å². The van der Waals surface area contributed by atoms with Gasteiger partial charge in [0.1, 0.15) is 5.75 Å². The van der Waals surface area contributed by atoms with Crippen molar-refractivity contribution < 1.29 is 9.84 Å². The second kappa shape index (κ2) is 7.35. The number of halogens is 1. The molecular weight excluding hydrogens is 310 g/mol. The lowest BCUT2D eigenvalue weighted by Crippen LogP contribution is -2.19. The highest BCUT2D eigenvalue weighted by atomic mass is 35.5. The van der Waals surface area contributed by atoms with E-state index in [-0.39, 0.29) is 0 Å². The number of hydrogen-bond donors (Lipinski definition) is 2. The van der Waals surface area contributed by atoms with Crippen LogP contribution >= 0.6 is 11.6 Å². The van der Waals surface area contributed by atoms with Crippen LogP contribution in [0.3, 0.4) is 0 Å². The van der Waals surface area contributed by atoms with Crippen molar-refractivity contribution in [2.45, 2.75) is 43.9 Å². The van der Waals surface area contributed by atoms with Crippen LogP contribution in [-0.4, -0.2) is 11.2 Å². The van der Waals surface area contributed by atoms with Crippen LogP contribution in [0, 0.1) is 0 Å². The Morgan fingerprint density at radius 2 is 1.52 bits per heavy atom. The Labute approximate surface area is 142 Å². The van der Waals surface area contributed by atoms with Gasteiger partial charge in [-0.05, 0) is 61.1 Å². The molecule has 3 nitrogen and oxygen atoms in total. The molecule has 0 spiro atoms. The zero-order valence-corrected chi connectivity index (χ0v) is 13.7. The highest BCUT2D eigenvalue weighted by molar-refractivity contribution is 6.30. The van der Waals surface area contributed by atoms with Gasteiger partial charge in [-0.3, -0.25) is 0 Å². The lowest BCUT2D eigenvalue weighted by atomic mass is 9.96. The normalized spacial score (nSPS) is 17.9. The standard InChI is InChI=1S/C19H22ClNO2/c20-15-9-5-13(6-10-15)18(21)19(22)14-7-11-17(12-8-14)23-16-3-1-2-4-16/h5-12,16,18-19,22H,1-4,21H2. The molecule has 23 heavy (non-hydrogen) atoms. The summed E-state index contributed by atoms with van der Waals surface area (Å²) in [6.07, 6.45) is 4.32. The summed E-state index contributed by atoms with van der Waals surface area (Å²) in [5.41, 5.74) is 7.80. The second-order valence-corrected chi connectivity index (χ2v) is 6.55. The molecule has 3 N–H and O–H groups in total. The van der Waals surface area contributed by atoms with E-state index in [0.29, 0.717) is 11.1 Å². The molecule has 2 atom stereocenters. The number of nitrogens with two attached hydrogens (primary N) is 1. The first-order chi connectivity index (χ1) is 11.1. The van der Waals surface area contributed by atoms with Crippen LogP contribution in [0.5, 0.6) is 5.75 Å². The van der Waals surface area contributed by atoms with E-state index in [1.807, 2.05) is 36.4 Å². The van der Waals surface area contributed by atoms with Crippen molar-refractivity contribution in [3.05, 3.63) is 64.7 Å². The zero-order chi connectivity index (χ0) is 16.2. The van der Waals surface area contributed by atoms with Gasteiger partial charge in [-0.15, -0.1) is 0 Å². The van der Waals surface area contributed by atoms with Crippen LogP contribution in [0.15, 0.2) is 48.5 Å². The maximum atomic E-state index is 10.5. The van der Waals surface area contributed by atoms with Crippen LogP contribution in [-0.2, 0) is 0 Å². The molecule has 0 amide bonds. The Morgan fingerprint density at radius 1 is 0.957 bits per heavy atom. The number of aliphatic hydroxyl groups excluding tert-OH is 1. The van der Waals surface area contributed by atoms with Crippen LogP contribution < -0.4 is 10.5 Å². The molecule has 0 heterocycles. The van der Waals surface area contributed by atoms with Gasteiger partial charge in [-0.25, -0.2) is 0 Å². The summed E-state index contributed by atoms with van der Waals surface area (Å²) < 4.78 is 5.94. The third-order valence-electron chi connectivity index (χ3n) is 4.42. The molecule has 1 aliphatic carbocycles. The second-order valence-electron chi connectivity index (χ2n) is 6.12. The molecule has 1 aliphatic rings. The molecular formula is C19H22ClNO2. The highest BCUT2D eigenvalue weighted by Gasteiger charge is 2.20. The third-order valence-corrected chi connectivity index (χ3v) is 4.67. The summed E-state index contributed by atoms with van der Waals surface area (Å²) in [6, 6.07) is 14.3. The first-order valence-electron chi connectivity index (χ1n) is 8.09. The molecule has 0 saturated heterocycles. The van der Waals surface area contributed by atoms with Crippen LogP contribution in [0.2, 0.25) is 5.02 Å². The van der Waals surface area contributed by atoms with Gasteiger partial charge in [-0.1, -0.05) is 35.9 Å². The Hall–Kier alpha value is -1.55. The van der Waals surface area contributed by atoms with Crippen LogP contribution in [0.4, 0.5) is 0 Å². The van der Waals surface area contributed by atoms with Crippen molar-refractivity contribution in [2.24, 2.45) is 5.73 Å². The number of aliphatic hydroxyl groups is 1. The molecule has 0 aromatic heterocycles. The van der Waals surface area contributed by atoms with Crippen molar-refractivity contribution in [2.75, 3.05) is 0 Å². The number of hydrogen-bond acceptors (Lipinski definition) is 3. The van der Waals surface area contributed by atoms with Gasteiger partial charge >= 0.3 is 0 Å². The van der Waals surface area contributed by atoms with Crippen molar-refractivity contribution in [1.82, 2.24) is 0 Å². The first kappa shape index (κ1) is 16.3. The number of ether oxygens (including phenoxy) is 1. The summed E-state index contributed by atoms with van der Waals surface area (Å²) in [6.45, 7) is 0. The third kappa shape index (κ3) is 4.05. The van der Waals surface area contributed by atoms with Gasteiger partial charge in [0.25, 0.3) is 0 Å². The molecule has 2 aromatic carbocycles. The van der Waals surface area contributed by atoms with Crippen molar-refractivity contribution >= 4 is 11.6 Å². The first-order valence-corrected chi connectivity index (χ1v) is 8.47. The summed E-state index contributed by atoms with van der Waals surface area (Å²) in [5.74, 6) is 0.855. The summed E-state index contributed by atoms with van der Waals surface area (Å²) in [5, 5.41) is 11.1. The monoisotopic (exact) mass is 331 g/mol. The van der Waals surface area contributed by atoms with Gasteiger partial charge < -0.3 is 15.6 Å². The van der Waals surface area contributed by atoms with Crippen LogP contribution in [0.1, 0.15) is 49.0 Å². The molecule has 1 fully saturated rings. The average molecular weight is 332 g/mol. The molecule has 0 bridgehead atoms. The van der Waals surface area contributed by atoms with Gasteiger partial charge in [-0.2, -0.15) is 0 Å². The Kier molecular flexibility index (Phi) is 5.21. The molecule has 0 radical (unpaired) electrons. The summed E-state index contributed by atoms with van der Waals surface area (Å²) in [7, 11) is 0. The van der Waals surface area contributed by atoms with Gasteiger partial charge in [0.05, 0.1) is 18.2 Å². The Morgan fingerprint density at radius 3 is 2.13 bits per heavy atom. The lowest BCUT2D eigenvalue weighted by molar-refractivity contribution is 0.146. The van der Waals surface area contributed by atoms with E-state index in [9.17, 15) is 5.11 Å². The maximum absolute atomic E-state index is 10.5. The van der Waals surface area contributed by atoms with Gasteiger partial charge in [0.2, 0.25) is 0 Å². The molecule has 2 unspecified atom stereocenters. The molecule has 2 aromatic rings. The van der Waals surface area contributed by atoms with E-state index < -0.39 is 12.1 Å². The predicted molar refractivity (Wildman–Crippen MR) is 92.7 cm³/mol. The smallest absolute Gasteiger partial charge is 0.119 e. The largest absolute Gasteiger partial charge is 0.490 e. The zero-order valence-electron chi connectivity index (χ0n) is 13.0. The highest BCUT2D eigenvalue weighted by Crippen LogP contribution is 2.30.